The third-order valence-corrected chi connectivity index (χ3v) is 4.78. The second-order valence-electron chi connectivity index (χ2n) is 6.43. The Morgan fingerprint density at radius 1 is 0.966 bits per heavy atom. The Hall–Kier alpha value is -3.31. The summed E-state index contributed by atoms with van der Waals surface area (Å²) in [6.45, 7) is 2.81. The number of benzene rings is 3. The summed E-state index contributed by atoms with van der Waals surface area (Å²) in [4.78, 5) is 13.0. The summed E-state index contributed by atoms with van der Waals surface area (Å²) in [6, 6.07) is 21.1. The van der Waals surface area contributed by atoms with E-state index in [1.165, 1.54) is 10.9 Å². The molecule has 1 aromatic heterocycles. The Bertz CT molecular complexity index is 1200. The molecular formula is C23H19ClN2O3. The van der Waals surface area contributed by atoms with Crippen LogP contribution >= 0.6 is 11.6 Å². The van der Waals surface area contributed by atoms with Crippen LogP contribution in [0.3, 0.4) is 0 Å². The molecule has 0 aliphatic rings. The van der Waals surface area contributed by atoms with Crippen LogP contribution in [0.2, 0.25) is 5.02 Å². The lowest BCUT2D eigenvalue weighted by atomic mass is 10.0. The van der Waals surface area contributed by atoms with Gasteiger partial charge in [0, 0.05) is 0 Å². The van der Waals surface area contributed by atoms with E-state index in [1.54, 1.807) is 24.3 Å². The van der Waals surface area contributed by atoms with Gasteiger partial charge in [-0.25, -0.2) is 4.68 Å². The molecule has 4 aromatic rings. The van der Waals surface area contributed by atoms with Crippen LogP contribution in [0.15, 0.2) is 77.7 Å². The van der Waals surface area contributed by atoms with Gasteiger partial charge in [0.2, 0.25) is 5.75 Å². The zero-order valence-corrected chi connectivity index (χ0v) is 16.6. The summed E-state index contributed by atoms with van der Waals surface area (Å²) in [5.74, 6) is 1.27. The molecule has 0 saturated carbocycles. The van der Waals surface area contributed by atoms with Crippen molar-refractivity contribution in [2.45, 2.75) is 13.5 Å². The normalized spacial score (nSPS) is 10.8. The standard InChI is InChI=1S/C23H19ClN2O3/c1-2-28-18-10-12-19(13-11-18)29-22-21(24)14-25-26(23(22)27)15-17-8-5-7-16-6-3-4-9-20(16)17/h3-14H,2,15H2,1H3. The SMILES string of the molecule is CCOc1ccc(Oc2c(Cl)cnn(Cc3cccc4ccccc34)c2=O)cc1. The Balaban J connectivity index is 1.65. The van der Waals surface area contributed by atoms with E-state index >= 15 is 0 Å². The van der Waals surface area contributed by atoms with Crippen molar-refractivity contribution in [3.05, 3.63) is 93.9 Å². The Morgan fingerprint density at radius 3 is 2.48 bits per heavy atom. The van der Waals surface area contributed by atoms with E-state index in [0.29, 0.717) is 18.9 Å². The zero-order valence-electron chi connectivity index (χ0n) is 15.8. The lowest BCUT2D eigenvalue weighted by molar-refractivity contribution is 0.339. The van der Waals surface area contributed by atoms with Crippen molar-refractivity contribution in [1.29, 1.82) is 0 Å². The number of hydrogen-bond acceptors (Lipinski definition) is 4. The molecule has 0 unspecified atom stereocenters. The van der Waals surface area contributed by atoms with Crippen LogP contribution in [-0.2, 0) is 6.54 Å². The quantitative estimate of drug-likeness (QED) is 0.436. The maximum atomic E-state index is 13.0. The van der Waals surface area contributed by atoms with Crippen molar-refractivity contribution in [1.82, 2.24) is 9.78 Å². The second-order valence-corrected chi connectivity index (χ2v) is 6.84. The average Bonchev–Trinajstić information content (AvgIpc) is 2.75. The molecule has 0 bridgehead atoms. The van der Waals surface area contributed by atoms with Crippen molar-refractivity contribution in [3.8, 4) is 17.2 Å². The lowest BCUT2D eigenvalue weighted by Crippen LogP contribution is -2.24. The first-order chi connectivity index (χ1) is 14.2. The maximum absolute atomic E-state index is 13.0. The number of halogens is 1. The average molecular weight is 407 g/mol. The third-order valence-electron chi connectivity index (χ3n) is 4.51. The van der Waals surface area contributed by atoms with Crippen molar-refractivity contribution in [3.63, 3.8) is 0 Å². The minimum Gasteiger partial charge on any atom is -0.494 e. The van der Waals surface area contributed by atoms with Crippen LogP contribution in [0.1, 0.15) is 12.5 Å². The van der Waals surface area contributed by atoms with Gasteiger partial charge in [-0.1, -0.05) is 54.1 Å². The number of aromatic nitrogens is 2. The first-order valence-corrected chi connectivity index (χ1v) is 9.66. The first-order valence-electron chi connectivity index (χ1n) is 9.28. The lowest BCUT2D eigenvalue weighted by Gasteiger charge is -2.12. The van der Waals surface area contributed by atoms with Gasteiger partial charge in [0.25, 0.3) is 0 Å². The van der Waals surface area contributed by atoms with Gasteiger partial charge in [-0.15, -0.1) is 0 Å². The molecule has 146 valence electrons. The molecule has 0 spiro atoms. The summed E-state index contributed by atoms with van der Waals surface area (Å²) < 4.78 is 12.6. The molecule has 5 nitrogen and oxygen atoms in total. The number of fused-ring (bicyclic) bond motifs is 1. The molecule has 0 atom stereocenters. The molecule has 3 aromatic carbocycles. The molecule has 29 heavy (non-hydrogen) atoms. The Kier molecular flexibility index (Phi) is 5.49. The van der Waals surface area contributed by atoms with Crippen molar-refractivity contribution >= 4 is 22.4 Å². The number of hydrogen-bond donors (Lipinski definition) is 0. The fourth-order valence-corrected chi connectivity index (χ4v) is 3.30. The molecule has 6 heteroatoms. The minimum absolute atomic E-state index is 0.0473. The van der Waals surface area contributed by atoms with E-state index < -0.39 is 0 Å². The maximum Gasteiger partial charge on any atom is 0.311 e. The predicted octanol–water partition coefficient (Wildman–Crippen LogP) is 5.29. The van der Waals surface area contributed by atoms with Gasteiger partial charge in [-0.3, -0.25) is 4.79 Å². The van der Waals surface area contributed by atoms with Gasteiger partial charge in [0.15, 0.2) is 0 Å². The smallest absolute Gasteiger partial charge is 0.311 e. The molecule has 0 aliphatic heterocycles. The van der Waals surface area contributed by atoms with Gasteiger partial charge in [-0.05, 0) is 47.5 Å². The van der Waals surface area contributed by atoms with E-state index in [0.717, 1.165) is 22.1 Å². The zero-order chi connectivity index (χ0) is 20.2. The van der Waals surface area contributed by atoms with Gasteiger partial charge in [0.05, 0.1) is 19.3 Å². The molecule has 0 fully saturated rings. The van der Waals surface area contributed by atoms with E-state index in [2.05, 4.69) is 5.10 Å². The van der Waals surface area contributed by atoms with Gasteiger partial charge < -0.3 is 9.47 Å². The first kappa shape index (κ1) is 19.0. The highest BCUT2D eigenvalue weighted by Crippen LogP contribution is 2.27. The van der Waals surface area contributed by atoms with Gasteiger partial charge in [-0.2, -0.15) is 5.10 Å². The van der Waals surface area contributed by atoms with Crippen LogP contribution in [0.4, 0.5) is 0 Å². The molecule has 0 aliphatic carbocycles. The fourth-order valence-electron chi connectivity index (χ4n) is 3.14. The molecule has 1 heterocycles. The third kappa shape index (κ3) is 4.10. The highest BCUT2D eigenvalue weighted by molar-refractivity contribution is 6.31. The predicted molar refractivity (Wildman–Crippen MR) is 114 cm³/mol. The van der Waals surface area contributed by atoms with E-state index in [1.807, 2.05) is 49.4 Å². The van der Waals surface area contributed by atoms with Crippen LogP contribution < -0.4 is 15.0 Å². The van der Waals surface area contributed by atoms with Crippen LogP contribution in [-0.4, -0.2) is 16.4 Å². The van der Waals surface area contributed by atoms with Crippen LogP contribution in [0.25, 0.3) is 10.8 Å². The largest absolute Gasteiger partial charge is 0.494 e. The van der Waals surface area contributed by atoms with Crippen molar-refractivity contribution < 1.29 is 9.47 Å². The Labute approximate surface area is 173 Å². The summed E-state index contributed by atoms with van der Waals surface area (Å²) >= 11 is 6.20. The van der Waals surface area contributed by atoms with E-state index in [9.17, 15) is 4.79 Å². The summed E-state index contributed by atoms with van der Waals surface area (Å²) in [6.07, 6.45) is 1.43. The molecule has 0 radical (unpaired) electrons. The monoisotopic (exact) mass is 406 g/mol. The molecule has 4 rings (SSSR count). The van der Waals surface area contributed by atoms with Crippen LogP contribution in [0, 0.1) is 0 Å². The number of nitrogens with zero attached hydrogens (tertiary/aromatic N) is 2. The van der Waals surface area contributed by atoms with Crippen molar-refractivity contribution in [2.75, 3.05) is 6.61 Å². The topological polar surface area (TPSA) is 53.4 Å². The van der Waals surface area contributed by atoms with E-state index in [4.69, 9.17) is 21.1 Å². The molecule has 0 saturated heterocycles. The van der Waals surface area contributed by atoms with Gasteiger partial charge in [0.1, 0.15) is 16.5 Å². The number of ether oxygens (including phenoxy) is 2. The molecule has 0 N–H and O–H groups in total. The fraction of sp³-hybridized carbons (Fsp3) is 0.130. The summed E-state index contributed by atoms with van der Waals surface area (Å²) in [7, 11) is 0. The molecular weight excluding hydrogens is 388 g/mol. The Morgan fingerprint density at radius 2 is 1.69 bits per heavy atom. The van der Waals surface area contributed by atoms with Crippen molar-refractivity contribution in [2.24, 2.45) is 0 Å². The molecule has 0 amide bonds. The highest BCUT2D eigenvalue weighted by Gasteiger charge is 2.14. The van der Waals surface area contributed by atoms with E-state index in [-0.39, 0.29) is 16.3 Å². The van der Waals surface area contributed by atoms with Gasteiger partial charge >= 0.3 is 5.56 Å². The summed E-state index contributed by atoms with van der Waals surface area (Å²) in [5, 5.41) is 6.54. The minimum atomic E-state index is -0.390. The van der Waals surface area contributed by atoms with Crippen LogP contribution in [0.5, 0.6) is 17.2 Å². The number of rotatable bonds is 6. The highest BCUT2D eigenvalue weighted by atomic mass is 35.5. The second kappa shape index (κ2) is 8.37. The summed E-state index contributed by atoms with van der Waals surface area (Å²) in [5.41, 5.74) is 0.603.